The molecular formula is C13H10FN3. The number of fused-ring (bicyclic) bond motifs is 1. The molecule has 0 aliphatic carbocycles. The number of anilines is 1. The van der Waals surface area contributed by atoms with Gasteiger partial charge in [0.1, 0.15) is 12.1 Å². The topological polar surface area (TPSA) is 43.8 Å². The van der Waals surface area contributed by atoms with Crippen molar-refractivity contribution >= 4 is 16.7 Å². The molecule has 0 radical (unpaired) electrons. The fourth-order valence-corrected chi connectivity index (χ4v) is 1.90. The number of benzene rings is 2. The maximum absolute atomic E-state index is 13.0. The molecular weight excluding hydrogens is 217 g/mol. The zero-order valence-corrected chi connectivity index (χ0v) is 8.97. The van der Waals surface area contributed by atoms with Crippen molar-refractivity contribution in [3.63, 3.8) is 0 Å². The smallest absolute Gasteiger partial charge is 0.125 e. The molecule has 0 fully saturated rings. The highest BCUT2D eigenvalue weighted by atomic mass is 19.1. The molecule has 0 bridgehead atoms. The minimum Gasteiger partial charge on any atom is -0.397 e. The maximum Gasteiger partial charge on any atom is 0.125 e. The van der Waals surface area contributed by atoms with Crippen LogP contribution in [0.15, 0.2) is 48.8 Å². The second kappa shape index (κ2) is 3.59. The molecule has 0 aliphatic heterocycles. The van der Waals surface area contributed by atoms with Crippen LogP contribution in [0.1, 0.15) is 0 Å². The predicted molar refractivity (Wildman–Crippen MR) is 65.4 cm³/mol. The second-order valence-corrected chi connectivity index (χ2v) is 3.81. The van der Waals surface area contributed by atoms with Gasteiger partial charge in [-0.05, 0) is 30.3 Å². The Morgan fingerprint density at radius 1 is 1.12 bits per heavy atom. The first kappa shape index (κ1) is 9.84. The van der Waals surface area contributed by atoms with E-state index in [1.165, 1.54) is 12.1 Å². The molecule has 1 heterocycles. The van der Waals surface area contributed by atoms with Crippen LogP contribution in [0.25, 0.3) is 16.7 Å². The Kier molecular flexibility index (Phi) is 2.08. The summed E-state index contributed by atoms with van der Waals surface area (Å²) in [5, 5.41) is 0. The van der Waals surface area contributed by atoms with E-state index in [1.807, 2.05) is 28.8 Å². The number of nitrogen functional groups attached to an aromatic ring is 1. The lowest BCUT2D eigenvalue weighted by atomic mass is 10.2. The Morgan fingerprint density at radius 3 is 2.76 bits per heavy atom. The molecule has 0 saturated heterocycles. The average Bonchev–Trinajstić information content (AvgIpc) is 2.73. The van der Waals surface area contributed by atoms with Gasteiger partial charge in [-0.2, -0.15) is 0 Å². The summed E-state index contributed by atoms with van der Waals surface area (Å²) >= 11 is 0. The van der Waals surface area contributed by atoms with Gasteiger partial charge in [-0.3, -0.25) is 4.57 Å². The molecule has 0 aliphatic rings. The summed E-state index contributed by atoms with van der Waals surface area (Å²) in [6.45, 7) is 0. The molecule has 2 aromatic carbocycles. The maximum atomic E-state index is 13.0. The van der Waals surface area contributed by atoms with Crippen LogP contribution in [0.3, 0.4) is 0 Å². The molecule has 0 unspecified atom stereocenters. The zero-order chi connectivity index (χ0) is 11.8. The van der Waals surface area contributed by atoms with Crippen LogP contribution in [0, 0.1) is 5.82 Å². The minimum absolute atomic E-state index is 0.337. The number of hydrogen-bond acceptors (Lipinski definition) is 2. The summed E-state index contributed by atoms with van der Waals surface area (Å²) in [7, 11) is 0. The second-order valence-electron chi connectivity index (χ2n) is 3.81. The molecule has 84 valence electrons. The van der Waals surface area contributed by atoms with Crippen LogP contribution in [0.4, 0.5) is 10.1 Å². The Balaban J connectivity index is 2.27. The average molecular weight is 227 g/mol. The van der Waals surface area contributed by atoms with Gasteiger partial charge in [0.05, 0.1) is 22.4 Å². The van der Waals surface area contributed by atoms with E-state index in [2.05, 4.69) is 4.98 Å². The van der Waals surface area contributed by atoms with Gasteiger partial charge in [0, 0.05) is 0 Å². The molecule has 4 heteroatoms. The lowest BCUT2D eigenvalue weighted by Crippen LogP contribution is -1.98. The van der Waals surface area contributed by atoms with Crippen molar-refractivity contribution in [3.05, 3.63) is 54.6 Å². The van der Waals surface area contributed by atoms with Gasteiger partial charge in [0.2, 0.25) is 0 Å². The van der Waals surface area contributed by atoms with Gasteiger partial charge in [-0.15, -0.1) is 0 Å². The summed E-state index contributed by atoms with van der Waals surface area (Å²) < 4.78 is 14.8. The van der Waals surface area contributed by atoms with E-state index in [-0.39, 0.29) is 5.82 Å². The molecule has 3 rings (SSSR count). The van der Waals surface area contributed by atoms with E-state index in [9.17, 15) is 4.39 Å². The lowest BCUT2D eigenvalue weighted by Gasteiger charge is -2.07. The number of hydrogen-bond donors (Lipinski definition) is 1. The van der Waals surface area contributed by atoms with Crippen molar-refractivity contribution in [3.8, 4) is 5.69 Å². The Hall–Kier alpha value is -2.36. The summed E-state index contributed by atoms with van der Waals surface area (Å²) in [6, 6.07) is 12.1. The highest BCUT2D eigenvalue weighted by Gasteiger charge is 2.07. The first-order valence-electron chi connectivity index (χ1n) is 5.23. The van der Waals surface area contributed by atoms with Gasteiger partial charge in [0.15, 0.2) is 0 Å². The van der Waals surface area contributed by atoms with E-state index >= 15 is 0 Å². The quantitative estimate of drug-likeness (QED) is 0.649. The first-order valence-corrected chi connectivity index (χ1v) is 5.23. The summed E-state index contributed by atoms with van der Waals surface area (Å²) in [5.41, 5.74) is 8.78. The van der Waals surface area contributed by atoms with E-state index < -0.39 is 0 Å². The molecule has 0 spiro atoms. The number of nitrogens with zero attached hydrogens (tertiary/aromatic N) is 2. The fraction of sp³-hybridized carbons (Fsp3) is 0. The molecule has 0 atom stereocenters. The largest absolute Gasteiger partial charge is 0.397 e. The van der Waals surface area contributed by atoms with Gasteiger partial charge < -0.3 is 5.73 Å². The summed E-state index contributed by atoms with van der Waals surface area (Å²) in [6.07, 6.45) is 1.69. The normalized spacial score (nSPS) is 10.9. The standard InChI is InChI=1S/C13H10FN3/c14-9-5-6-12(10(15)7-9)17-8-16-11-3-1-2-4-13(11)17/h1-8H,15H2. The van der Waals surface area contributed by atoms with Crippen molar-refractivity contribution in [2.24, 2.45) is 0 Å². The number of rotatable bonds is 1. The van der Waals surface area contributed by atoms with Crippen LogP contribution in [0.5, 0.6) is 0 Å². The molecule has 1 aromatic heterocycles. The third-order valence-electron chi connectivity index (χ3n) is 2.70. The monoisotopic (exact) mass is 227 g/mol. The Morgan fingerprint density at radius 2 is 1.94 bits per heavy atom. The highest BCUT2D eigenvalue weighted by Crippen LogP contribution is 2.23. The SMILES string of the molecule is Nc1cc(F)ccc1-n1cnc2ccccc21. The van der Waals surface area contributed by atoms with Crippen molar-refractivity contribution in [2.75, 3.05) is 5.73 Å². The summed E-state index contributed by atoms with van der Waals surface area (Å²) in [5.74, 6) is -0.337. The van der Waals surface area contributed by atoms with Crippen molar-refractivity contribution in [2.45, 2.75) is 0 Å². The number of nitrogens with two attached hydrogens (primary N) is 1. The van der Waals surface area contributed by atoms with Crippen LogP contribution in [0.2, 0.25) is 0 Å². The third-order valence-corrected chi connectivity index (χ3v) is 2.70. The Bertz CT molecular complexity index is 688. The van der Waals surface area contributed by atoms with E-state index in [0.29, 0.717) is 5.69 Å². The van der Waals surface area contributed by atoms with Crippen LogP contribution in [-0.2, 0) is 0 Å². The minimum atomic E-state index is -0.337. The van der Waals surface area contributed by atoms with Crippen LogP contribution < -0.4 is 5.73 Å². The third kappa shape index (κ3) is 1.54. The van der Waals surface area contributed by atoms with E-state index in [0.717, 1.165) is 16.7 Å². The number of para-hydroxylation sites is 2. The molecule has 3 nitrogen and oxygen atoms in total. The number of imidazole rings is 1. The lowest BCUT2D eigenvalue weighted by molar-refractivity contribution is 0.628. The number of aromatic nitrogens is 2. The van der Waals surface area contributed by atoms with Gasteiger partial charge in [0.25, 0.3) is 0 Å². The van der Waals surface area contributed by atoms with Crippen LogP contribution >= 0.6 is 0 Å². The Labute approximate surface area is 97.3 Å². The predicted octanol–water partition coefficient (Wildman–Crippen LogP) is 2.75. The van der Waals surface area contributed by atoms with Gasteiger partial charge in [-0.1, -0.05) is 12.1 Å². The molecule has 0 saturated carbocycles. The van der Waals surface area contributed by atoms with E-state index in [4.69, 9.17) is 5.73 Å². The molecule has 2 N–H and O–H groups in total. The molecule has 3 aromatic rings. The van der Waals surface area contributed by atoms with Crippen molar-refractivity contribution in [1.82, 2.24) is 9.55 Å². The first-order chi connectivity index (χ1) is 8.25. The molecule has 17 heavy (non-hydrogen) atoms. The number of halogens is 1. The van der Waals surface area contributed by atoms with Crippen molar-refractivity contribution < 1.29 is 4.39 Å². The highest BCUT2D eigenvalue weighted by molar-refractivity contribution is 5.78. The van der Waals surface area contributed by atoms with Crippen molar-refractivity contribution in [1.29, 1.82) is 0 Å². The van der Waals surface area contributed by atoms with Gasteiger partial charge >= 0.3 is 0 Å². The van der Waals surface area contributed by atoms with E-state index in [1.54, 1.807) is 12.4 Å². The molecule has 0 amide bonds. The van der Waals surface area contributed by atoms with Crippen LogP contribution in [-0.4, -0.2) is 9.55 Å². The zero-order valence-electron chi connectivity index (χ0n) is 8.97. The fourth-order valence-electron chi connectivity index (χ4n) is 1.90. The summed E-state index contributed by atoms with van der Waals surface area (Å²) in [4.78, 5) is 4.27. The van der Waals surface area contributed by atoms with Gasteiger partial charge in [-0.25, -0.2) is 9.37 Å².